The first-order valence-corrected chi connectivity index (χ1v) is 5.99. The molecule has 0 saturated heterocycles. The number of carbonyl (C=O) groups is 1. The quantitative estimate of drug-likeness (QED) is 0.666. The second-order valence-corrected chi connectivity index (χ2v) is 4.31. The second-order valence-electron chi connectivity index (χ2n) is 3.90. The van der Waals surface area contributed by atoms with E-state index in [0.717, 1.165) is 5.69 Å². The van der Waals surface area contributed by atoms with Crippen LogP contribution in [-0.2, 0) is 4.74 Å². The Morgan fingerprint density at radius 2 is 1.95 bits per heavy atom. The third kappa shape index (κ3) is 2.98. The van der Waals surface area contributed by atoms with Crippen LogP contribution in [0.5, 0.6) is 0 Å². The molecule has 0 spiro atoms. The molecule has 0 aliphatic rings. The van der Waals surface area contributed by atoms with Crippen LogP contribution in [0.1, 0.15) is 10.4 Å². The highest BCUT2D eigenvalue weighted by atomic mass is 35.5. The minimum Gasteiger partial charge on any atom is -0.465 e. The highest BCUT2D eigenvalue weighted by Gasteiger charge is 2.09. The van der Waals surface area contributed by atoms with Crippen LogP contribution in [0.15, 0.2) is 42.5 Å². The zero-order chi connectivity index (χ0) is 13.8. The molecule has 4 nitrogen and oxygen atoms in total. The molecule has 0 bridgehead atoms. The Bertz CT molecular complexity index is 614. The molecule has 0 atom stereocenters. The Kier molecular flexibility index (Phi) is 3.92. The summed E-state index contributed by atoms with van der Waals surface area (Å²) in [5.41, 5.74) is 8.14. The van der Waals surface area contributed by atoms with Gasteiger partial charge >= 0.3 is 5.97 Å². The van der Waals surface area contributed by atoms with E-state index in [-0.39, 0.29) is 0 Å². The number of carbonyl (C=O) groups excluding carboxylic acids is 1. The molecule has 0 fully saturated rings. The molecule has 0 aromatic heterocycles. The van der Waals surface area contributed by atoms with Crippen molar-refractivity contribution in [3.8, 4) is 0 Å². The Morgan fingerprint density at radius 1 is 1.21 bits per heavy atom. The molecule has 0 heterocycles. The van der Waals surface area contributed by atoms with Gasteiger partial charge in [-0.3, -0.25) is 0 Å². The van der Waals surface area contributed by atoms with Gasteiger partial charge in [0, 0.05) is 0 Å². The van der Waals surface area contributed by atoms with Gasteiger partial charge < -0.3 is 15.8 Å². The lowest BCUT2D eigenvalue weighted by atomic mass is 10.1. The highest BCUT2D eigenvalue weighted by Crippen LogP contribution is 2.28. The van der Waals surface area contributed by atoms with E-state index in [4.69, 9.17) is 17.3 Å². The van der Waals surface area contributed by atoms with E-state index in [9.17, 15) is 4.79 Å². The average Bonchev–Trinajstić information content (AvgIpc) is 2.42. The largest absolute Gasteiger partial charge is 0.465 e. The number of hydrogen-bond donors (Lipinski definition) is 2. The molecule has 2 aromatic rings. The smallest absolute Gasteiger partial charge is 0.337 e. The van der Waals surface area contributed by atoms with Gasteiger partial charge in [0.2, 0.25) is 0 Å². The summed E-state index contributed by atoms with van der Waals surface area (Å²) in [4.78, 5) is 11.5. The van der Waals surface area contributed by atoms with Crippen LogP contribution in [0.4, 0.5) is 17.1 Å². The lowest BCUT2D eigenvalue weighted by molar-refractivity contribution is 0.0601. The van der Waals surface area contributed by atoms with Crippen LogP contribution in [0.25, 0.3) is 0 Å². The van der Waals surface area contributed by atoms with Crippen LogP contribution < -0.4 is 11.1 Å². The minimum absolute atomic E-state index is 0.415. The second kappa shape index (κ2) is 5.63. The molecular formula is C14H13ClN2O2. The monoisotopic (exact) mass is 276 g/mol. The van der Waals surface area contributed by atoms with Gasteiger partial charge in [0.1, 0.15) is 0 Å². The highest BCUT2D eigenvalue weighted by molar-refractivity contribution is 6.33. The van der Waals surface area contributed by atoms with E-state index >= 15 is 0 Å². The van der Waals surface area contributed by atoms with Gasteiger partial charge in [0.25, 0.3) is 0 Å². The number of para-hydroxylation sites is 1. The van der Waals surface area contributed by atoms with Crippen molar-refractivity contribution in [3.05, 3.63) is 53.1 Å². The average molecular weight is 277 g/mol. The van der Waals surface area contributed by atoms with Crippen molar-refractivity contribution in [2.45, 2.75) is 0 Å². The summed E-state index contributed by atoms with van der Waals surface area (Å²) >= 11 is 6.06. The predicted octanol–water partition coefficient (Wildman–Crippen LogP) is 3.45. The molecule has 0 saturated carbocycles. The molecule has 2 aromatic carbocycles. The van der Waals surface area contributed by atoms with Crippen molar-refractivity contribution in [3.63, 3.8) is 0 Å². The number of anilines is 3. The number of esters is 1. The van der Waals surface area contributed by atoms with E-state index in [1.807, 2.05) is 18.2 Å². The van der Waals surface area contributed by atoms with Crippen molar-refractivity contribution >= 4 is 34.6 Å². The summed E-state index contributed by atoms with van der Waals surface area (Å²) < 4.78 is 4.67. The number of nitrogens with two attached hydrogens (primary N) is 1. The molecule has 98 valence electrons. The summed E-state index contributed by atoms with van der Waals surface area (Å²) in [6.07, 6.45) is 0. The van der Waals surface area contributed by atoms with E-state index < -0.39 is 5.97 Å². The molecule has 0 radical (unpaired) electrons. The van der Waals surface area contributed by atoms with Gasteiger partial charge in [-0.1, -0.05) is 23.7 Å². The fraction of sp³-hybridized carbons (Fsp3) is 0.0714. The van der Waals surface area contributed by atoms with Crippen LogP contribution in [0.2, 0.25) is 5.02 Å². The topological polar surface area (TPSA) is 64.3 Å². The number of rotatable bonds is 3. The normalized spacial score (nSPS) is 10.0. The number of benzene rings is 2. The van der Waals surface area contributed by atoms with Crippen LogP contribution in [0, 0.1) is 0 Å². The fourth-order valence-corrected chi connectivity index (χ4v) is 1.80. The van der Waals surface area contributed by atoms with Gasteiger partial charge in [-0.15, -0.1) is 0 Å². The number of methoxy groups -OCH3 is 1. The molecule has 0 aliphatic carbocycles. The maximum absolute atomic E-state index is 11.5. The van der Waals surface area contributed by atoms with Gasteiger partial charge in [0.15, 0.2) is 0 Å². The lowest BCUT2D eigenvalue weighted by Crippen LogP contribution is -2.04. The van der Waals surface area contributed by atoms with Gasteiger partial charge in [0.05, 0.1) is 34.8 Å². The minimum atomic E-state index is -0.415. The van der Waals surface area contributed by atoms with Crippen molar-refractivity contribution in [2.75, 3.05) is 18.2 Å². The molecule has 19 heavy (non-hydrogen) atoms. The summed E-state index contributed by atoms with van der Waals surface area (Å²) in [6, 6.07) is 12.2. The molecule has 2 rings (SSSR count). The van der Waals surface area contributed by atoms with Gasteiger partial charge in [-0.2, -0.15) is 0 Å². The van der Waals surface area contributed by atoms with Crippen molar-refractivity contribution in [2.24, 2.45) is 0 Å². The summed E-state index contributed by atoms with van der Waals surface area (Å²) in [5, 5.41) is 3.67. The first kappa shape index (κ1) is 13.2. The number of nitrogens with one attached hydrogen (secondary N) is 1. The number of hydrogen-bond acceptors (Lipinski definition) is 4. The number of ether oxygens (including phenoxy) is 1. The van der Waals surface area contributed by atoms with E-state index in [0.29, 0.717) is 22.0 Å². The fourth-order valence-electron chi connectivity index (χ4n) is 1.62. The zero-order valence-corrected chi connectivity index (χ0v) is 11.1. The Morgan fingerprint density at radius 3 is 2.63 bits per heavy atom. The summed E-state index contributed by atoms with van der Waals surface area (Å²) in [6.45, 7) is 0. The van der Waals surface area contributed by atoms with Gasteiger partial charge in [-0.25, -0.2) is 4.79 Å². The Balaban J connectivity index is 2.34. The van der Waals surface area contributed by atoms with Crippen LogP contribution >= 0.6 is 11.6 Å². The molecule has 5 heteroatoms. The zero-order valence-electron chi connectivity index (χ0n) is 10.3. The molecule has 3 N–H and O–H groups in total. The lowest BCUT2D eigenvalue weighted by Gasteiger charge is -2.11. The third-order valence-electron chi connectivity index (χ3n) is 2.62. The van der Waals surface area contributed by atoms with E-state index in [1.54, 1.807) is 24.3 Å². The number of nitrogen functional groups attached to an aromatic ring is 1. The maximum Gasteiger partial charge on any atom is 0.337 e. The first-order chi connectivity index (χ1) is 9.11. The number of halogens is 1. The molecule has 0 unspecified atom stereocenters. The summed E-state index contributed by atoms with van der Waals surface area (Å²) in [5.74, 6) is -0.415. The van der Waals surface area contributed by atoms with E-state index in [1.165, 1.54) is 7.11 Å². The van der Waals surface area contributed by atoms with Crippen molar-refractivity contribution in [1.29, 1.82) is 0 Å². The van der Waals surface area contributed by atoms with Crippen molar-refractivity contribution in [1.82, 2.24) is 0 Å². The maximum atomic E-state index is 11.5. The van der Waals surface area contributed by atoms with E-state index in [2.05, 4.69) is 10.1 Å². The molecule has 0 amide bonds. The van der Waals surface area contributed by atoms with Crippen LogP contribution in [0.3, 0.4) is 0 Å². The standard InChI is InChI=1S/C14H13ClN2O2/c1-19-14(18)9-6-7-11(16)13(8-9)17-12-5-3-2-4-10(12)15/h2-8,17H,16H2,1H3. The van der Waals surface area contributed by atoms with Crippen LogP contribution in [-0.4, -0.2) is 13.1 Å². The SMILES string of the molecule is COC(=O)c1ccc(N)c(Nc2ccccc2Cl)c1. The van der Waals surface area contributed by atoms with Crippen molar-refractivity contribution < 1.29 is 9.53 Å². The Labute approximate surface area is 116 Å². The Hall–Kier alpha value is -2.20. The predicted molar refractivity (Wildman–Crippen MR) is 76.9 cm³/mol. The summed E-state index contributed by atoms with van der Waals surface area (Å²) in [7, 11) is 1.33. The first-order valence-electron chi connectivity index (χ1n) is 5.61. The third-order valence-corrected chi connectivity index (χ3v) is 2.95. The van der Waals surface area contributed by atoms with Gasteiger partial charge in [-0.05, 0) is 30.3 Å². The molecular weight excluding hydrogens is 264 g/mol. The molecule has 0 aliphatic heterocycles.